The molecule has 0 saturated carbocycles. The van der Waals surface area contributed by atoms with E-state index in [0.29, 0.717) is 16.5 Å². The molecule has 0 saturated heterocycles. The molecule has 0 spiro atoms. The van der Waals surface area contributed by atoms with Crippen LogP contribution in [0, 0.1) is 0 Å². The summed E-state index contributed by atoms with van der Waals surface area (Å²) in [5, 5.41) is 10.2. The first-order chi connectivity index (χ1) is 11.3. The summed E-state index contributed by atoms with van der Waals surface area (Å²) in [5.41, 5.74) is 1.15. The second-order valence-electron chi connectivity index (χ2n) is 5.08. The molecule has 3 rings (SSSR count). The number of hydrogen-bond acceptors (Lipinski definition) is 3. The van der Waals surface area contributed by atoms with Crippen molar-refractivity contribution in [3.05, 3.63) is 53.6 Å². The zero-order valence-electron chi connectivity index (χ0n) is 12.1. The van der Waals surface area contributed by atoms with Gasteiger partial charge in [0.15, 0.2) is 6.61 Å². The molecule has 24 heavy (non-hydrogen) atoms. The molecule has 2 aromatic carbocycles. The summed E-state index contributed by atoms with van der Waals surface area (Å²) in [7, 11) is 0. The van der Waals surface area contributed by atoms with Gasteiger partial charge in [0.05, 0.1) is 16.1 Å². The van der Waals surface area contributed by atoms with Crippen LogP contribution in [0.5, 0.6) is 11.6 Å². The molecule has 124 valence electrons. The Hall–Kier alpha value is -2.47. The van der Waals surface area contributed by atoms with Crippen LogP contribution in [-0.4, -0.2) is 22.9 Å². The predicted molar refractivity (Wildman–Crippen MR) is 85.4 cm³/mol. The van der Waals surface area contributed by atoms with E-state index in [1.807, 2.05) is 0 Å². The van der Waals surface area contributed by atoms with Crippen LogP contribution in [-0.2, 0) is 0 Å². The monoisotopic (exact) mass is 353 g/mol. The third-order valence-corrected chi connectivity index (χ3v) is 3.70. The highest BCUT2D eigenvalue weighted by molar-refractivity contribution is 6.38. The molecular weight excluding hydrogens is 343 g/mol. The molecule has 0 unspecified atom stereocenters. The van der Waals surface area contributed by atoms with Crippen molar-refractivity contribution in [2.45, 2.75) is 6.18 Å². The maximum Gasteiger partial charge on any atom is 0.422 e. The van der Waals surface area contributed by atoms with E-state index in [9.17, 15) is 18.3 Å². The number of hydrogen-bond donors (Lipinski definition) is 1. The number of nitrogens with zero attached hydrogens (tertiary/aromatic N) is 1. The third-order valence-electron chi connectivity index (χ3n) is 3.31. The average molecular weight is 354 g/mol. The molecule has 3 aromatic rings. The topological polar surface area (TPSA) is 42.4 Å². The lowest BCUT2D eigenvalue weighted by molar-refractivity contribution is -0.153. The lowest BCUT2D eigenvalue weighted by atomic mass is 10.0. The fraction of sp³-hybridized carbons (Fsp3) is 0.118. The van der Waals surface area contributed by atoms with Crippen molar-refractivity contribution in [3.63, 3.8) is 0 Å². The van der Waals surface area contributed by atoms with Gasteiger partial charge in [-0.15, -0.1) is 0 Å². The van der Waals surface area contributed by atoms with E-state index < -0.39 is 12.8 Å². The Labute approximate surface area is 140 Å². The summed E-state index contributed by atoms with van der Waals surface area (Å²) < 4.78 is 42.5. The molecule has 0 radical (unpaired) electrons. The Kier molecular flexibility index (Phi) is 4.24. The Bertz CT molecular complexity index is 882. The molecule has 0 aliphatic rings. The van der Waals surface area contributed by atoms with Crippen LogP contribution in [0.15, 0.2) is 48.5 Å². The molecule has 0 aliphatic heterocycles. The van der Waals surface area contributed by atoms with Crippen molar-refractivity contribution >= 4 is 22.5 Å². The number of benzene rings is 2. The van der Waals surface area contributed by atoms with Crippen molar-refractivity contribution in [2.24, 2.45) is 0 Å². The minimum atomic E-state index is -4.49. The van der Waals surface area contributed by atoms with Crippen LogP contribution in [0.2, 0.25) is 5.02 Å². The van der Waals surface area contributed by atoms with Gasteiger partial charge in [0, 0.05) is 5.39 Å². The molecule has 1 N–H and O–H groups in total. The zero-order valence-corrected chi connectivity index (χ0v) is 12.9. The Morgan fingerprint density at radius 2 is 1.79 bits per heavy atom. The van der Waals surface area contributed by atoms with Crippen LogP contribution in [0.3, 0.4) is 0 Å². The van der Waals surface area contributed by atoms with E-state index in [4.69, 9.17) is 16.3 Å². The van der Waals surface area contributed by atoms with Gasteiger partial charge in [0.25, 0.3) is 0 Å². The standard InChI is InChI=1S/C17H11ClF3NO2/c18-15-12-8-11(23)6-7-13(12)22-16(24-9-17(19,20)21)14(15)10-4-2-1-3-5-10/h1-8,23H,9H2. The highest BCUT2D eigenvalue weighted by atomic mass is 35.5. The number of rotatable bonds is 3. The molecule has 0 atom stereocenters. The number of alkyl halides is 3. The molecule has 0 fully saturated rings. The summed E-state index contributed by atoms with van der Waals surface area (Å²) in [4.78, 5) is 4.14. The van der Waals surface area contributed by atoms with Crippen molar-refractivity contribution < 1.29 is 23.0 Å². The first-order valence-electron chi connectivity index (χ1n) is 6.92. The lowest BCUT2D eigenvalue weighted by Gasteiger charge is -2.15. The van der Waals surface area contributed by atoms with E-state index in [0.717, 1.165) is 0 Å². The van der Waals surface area contributed by atoms with Gasteiger partial charge in [0.2, 0.25) is 5.88 Å². The molecule has 0 bridgehead atoms. The van der Waals surface area contributed by atoms with Gasteiger partial charge < -0.3 is 9.84 Å². The normalized spacial score (nSPS) is 11.7. The SMILES string of the molecule is Oc1ccc2nc(OCC(F)(F)F)c(-c3ccccc3)c(Cl)c2c1. The van der Waals surface area contributed by atoms with E-state index in [1.54, 1.807) is 30.3 Å². The maximum absolute atomic E-state index is 12.5. The number of halogens is 4. The Morgan fingerprint density at radius 3 is 2.46 bits per heavy atom. The minimum absolute atomic E-state index is 0.0193. The quantitative estimate of drug-likeness (QED) is 0.703. The Balaban J connectivity index is 2.22. The van der Waals surface area contributed by atoms with Gasteiger partial charge in [0.1, 0.15) is 5.75 Å². The van der Waals surface area contributed by atoms with Crippen molar-refractivity contribution in [1.29, 1.82) is 0 Å². The largest absolute Gasteiger partial charge is 0.508 e. The number of phenols is 1. The van der Waals surface area contributed by atoms with E-state index >= 15 is 0 Å². The van der Waals surface area contributed by atoms with Gasteiger partial charge >= 0.3 is 6.18 Å². The van der Waals surface area contributed by atoms with Gasteiger partial charge in [-0.05, 0) is 23.8 Å². The summed E-state index contributed by atoms with van der Waals surface area (Å²) in [6, 6.07) is 12.9. The summed E-state index contributed by atoms with van der Waals surface area (Å²) in [6.45, 7) is -1.47. The molecule has 0 amide bonds. The average Bonchev–Trinajstić information content (AvgIpc) is 2.54. The van der Waals surface area contributed by atoms with E-state index in [1.165, 1.54) is 18.2 Å². The third kappa shape index (κ3) is 3.38. The molecule has 0 aliphatic carbocycles. The van der Waals surface area contributed by atoms with E-state index in [2.05, 4.69) is 4.98 Å². The first-order valence-corrected chi connectivity index (χ1v) is 7.30. The van der Waals surface area contributed by atoms with E-state index in [-0.39, 0.29) is 22.2 Å². The second kappa shape index (κ2) is 6.20. The van der Waals surface area contributed by atoms with Gasteiger partial charge in [-0.2, -0.15) is 13.2 Å². The fourth-order valence-electron chi connectivity index (χ4n) is 2.30. The number of fused-ring (bicyclic) bond motifs is 1. The van der Waals surface area contributed by atoms with Gasteiger partial charge in [-0.1, -0.05) is 41.9 Å². The summed E-state index contributed by atoms with van der Waals surface area (Å²) in [5.74, 6) is -0.226. The number of ether oxygens (including phenoxy) is 1. The summed E-state index contributed by atoms with van der Waals surface area (Å²) in [6.07, 6.45) is -4.49. The summed E-state index contributed by atoms with van der Waals surface area (Å²) >= 11 is 6.39. The maximum atomic E-state index is 12.5. The zero-order chi connectivity index (χ0) is 17.3. The number of phenolic OH excluding ortho intramolecular Hbond substituents is 1. The Morgan fingerprint density at radius 1 is 1.08 bits per heavy atom. The van der Waals surface area contributed by atoms with Crippen LogP contribution in [0.4, 0.5) is 13.2 Å². The number of aromatic hydroxyl groups is 1. The highest BCUT2D eigenvalue weighted by Crippen LogP contribution is 2.41. The lowest BCUT2D eigenvalue weighted by Crippen LogP contribution is -2.20. The fourth-order valence-corrected chi connectivity index (χ4v) is 2.64. The van der Waals surface area contributed by atoms with Crippen molar-refractivity contribution in [2.75, 3.05) is 6.61 Å². The molecule has 1 aromatic heterocycles. The first kappa shape index (κ1) is 16.4. The van der Waals surface area contributed by atoms with Gasteiger partial charge in [-0.25, -0.2) is 4.98 Å². The molecular formula is C17H11ClF3NO2. The molecule has 7 heteroatoms. The highest BCUT2D eigenvalue weighted by Gasteiger charge is 2.30. The van der Waals surface area contributed by atoms with Gasteiger partial charge in [-0.3, -0.25) is 0 Å². The number of aromatic nitrogens is 1. The smallest absolute Gasteiger partial charge is 0.422 e. The predicted octanol–water partition coefficient (Wildman–Crippen LogP) is 5.20. The van der Waals surface area contributed by atoms with Crippen LogP contribution >= 0.6 is 11.6 Å². The minimum Gasteiger partial charge on any atom is -0.508 e. The van der Waals surface area contributed by atoms with Crippen molar-refractivity contribution in [3.8, 4) is 22.8 Å². The second-order valence-corrected chi connectivity index (χ2v) is 5.46. The molecule has 1 heterocycles. The molecule has 3 nitrogen and oxygen atoms in total. The van der Waals surface area contributed by atoms with Crippen molar-refractivity contribution in [1.82, 2.24) is 4.98 Å². The number of pyridine rings is 1. The van der Waals surface area contributed by atoms with Crippen LogP contribution in [0.25, 0.3) is 22.0 Å². The van der Waals surface area contributed by atoms with Crippen LogP contribution in [0.1, 0.15) is 0 Å². The van der Waals surface area contributed by atoms with Crippen LogP contribution < -0.4 is 4.74 Å².